The van der Waals surface area contributed by atoms with Crippen LogP contribution in [0.4, 0.5) is 0 Å². The molecule has 5 rings (SSSR count). The van der Waals surface area contributed by atoms with Crippen LogP contribution in [0.1, 0.15) is 56.9 Å². The topological polar surface area (TPSA) is 34.2 Å². The van der Waals surface area contributed by atoms with Crippen LogP contribution in [-0.4, -0.2) is 68.1 Å². The lowest BCUT2D eigenvalue weighted by molar-refractivity contribution is -0.0510. The summed E-state index contributed by atoms with van der Waals surface area (Å²) >= 11 is 0. The molecule has 3 atom stereocenters. The third-order valence-corrected chi connectivity index (χ3v) is 8.16. The fourth-order valence-corrected chi connectivity index (χ4v) is 6.24. The monoisotopic (exact) mass is 478 g/mol. The Morgan fingerprint density at radius 1 is 0.886 bits per heavy atom. The number of hydrogen-bond donors (Lipinski definition) is 0. The summed E-state index contributed by atoms with van der Waals surface area (Å²) in [4.78, 5) is 5.07. The van der Waals surface area contributed by atoms with E-state index in [1.165, 1.54) is 37.7 Å². The van der Waals surface area contributed by atoms with Gasteiger partial charge >= 0.3 is 0 Å². The summed E-state index contributed by atoms with van der Waals surface area (Å²) in [5.41, 5.74) is 1.45. The number of fused-ring (bicyclic) bond motifs is 1. The zero-order valence-corrected chi connectivity index (χ0v) is 21.3. The van der Waals surface area contributed by atoms with E-state index in [9.17, 15) is 0 Å². The number of nitrogens with zero attached hydrogens (tertiary/aromatic N) is 2. The van der Waals surface area contributed by atoms with Crippen molar-refractivity contribution in [2.24, 2.45) is 5.92 Å². The quantitative estimate of drug-likeness (QED) is 0.471. The molecule has 0 aromatic heterocycles. The maximum absolute atomic E-state index is 6.51. The molecule has 2 aliphatic heterocycles. The molecule has 0 bridgehead atoms. The molecule has 1 aliphatic carbocycles. The second-order valence-corrected chi connectivity index (χ2v) is 10.3. The maximum atomic E-state index is 6.51. The van der Waals surface area contributed by atoms with Crippen molar-refractivity contribution in [3.05, 3.63) is 60.2 Å². The van der Waals surface area contributed by atoms with Gasteiger partial charge in [-0.15, -0.1) is 0 Å². The van der Waals surface area contributed by atoms with Crippen LogP contribution in [0.2, 0.25) is 0 Å². The highest BCUT2D eigenvalue weighted by molar-refractivity contribution is 5.40. The maximum Gasteiger partial charge on any atom is 0.187 e. The standard InChI is InChI=1S/C30H42N2O3/c1-2-33-30(25-13-7-4-8-14-25)26(24-11-5-3-6-12-24)17-18-31-19-21-32(22-20-31)29-23-34-27-15-9-10-16-28(27)35-29/h3,5-6,9-12,15-16,25-26,29-30H,2,4,7-8,13-14,17-23H2,1H3. The highest BCUT2D eigenvalue weighted by Gasteiger charge is 2.33. The van der Waals surface area contributed by atoms with Gasteiger partial charge in [0.25, 0.3) is 0 Å². The first-order valence-corrected chi connectivity index (χ1v) is 13.8. The minimum atomic E-state index is 0.0118. The van der Waals surface area contributed by atoms with Crippen LogP contribution in [0.5, 0.6) is 11.5 Å². The molecule has 5 heteroatoms. The van der Waals surface area contributed by atoms with Crippen LogP contribution in [-0.2, 0) is 4.74 Å². The molecule has 190 valence electrons. The highest BCUT2D eigenvalue weighted by atomic mass is 16.6. The van der Waals surface area contributed by atoms with E-state index >= 15 is 0 Å². The van der Waals surface area contributed by atoms with Gasteiger partial charge in [-0.1, -0.05) is 61.7 Å². The first-order valence-electron chi connectivity index (χ1n) is 13.8. The van der Waals surface area contributed by atoms with Crippen LogP contribution in [0.15, 0.2) is 54.6 Å². The lowest BCUT2D eigenvalue weighted by atomic mass is 9.76. The smallest absolute Gasteiger partial charge is 0.187 e. The minimum absolute atomic E-state index is 0.0118. The third kappa shape index (κ3) is 6.19. The number of hydrogen-bond acceptors (Lipinski definition) is 5. The Morgan fingerprint density at radius 2 is 1.60 bits per heavy atom. The van der Waals surface area contributed by atoms with Gasteiger partial charge in [-0.3, -0.25) is 4.90 Å². The molecule has 0 radical (unpaired) electrons. The normalized spacial score (nSPS) is 23.6. The number of ether oxygens (including phenoxy) is 3. The van der Waals surface area contributed by atoms with Gasteiger partial charge < -0.3 is 19.1 Å². The van der Waals surface area contributed by atoms with Crippen LogP contribution >= 0.6 is 0 Å². The summed E-state index contributed by atoms with van der Waals surface area (Å²) in [6, 6.07) is 19.1. The number of rotatable bonds is 9. The molecule has 35 heavy (non-hydrogen) atoms. The second-order valence-electron chi connectivity index (χ2n) is 10.3. The Kier molecular flexibility index (Phi) is 8.61. The van der Waals surface area contributed by atoms with Crippen LogP contribution in [0.25, 0.3) is 0 Å². The van der Waals surface area contributed by atoms with Crippen molar-refractivity contribution < 1.29 is 14.2 Å². The Bertz CT molecular complexity index is 893. The first kappa shape index (κ1) is 24.6. The van der Waals surface area contributed by atoms with Gasteiger partial charge in [0.1, 0.15) is 6.61 Å². The van der Waals surface area contributed by atoms with Gasteiger partial charge in [0.2, 0.25) is 0 Å². The average Bonchev–Trinajstić information content (AvgIpc) is 2.94. The van der Waals surface area contributed by atoms with Crippen molar-refractivity contribution in [2.45, 2.75) is 63.7 Å². The minimum Gasteiger partial charge on any atom is -0.484 e. The first-order chi connectivity index (χ1) is 17.3. The summed E-state index contributed by atoms with van der Waals surface area (Å²) in [6.07, 6.45) is 8.23. The zero-order chi connectivity index (χ0) is 23.9. The van der Waals surface area contributed by atoms with Gasteiger partial charge in [-0.25, -0.2) is 0 Å². The molecule has 1 saturated heterocycles. The number of benzene rings is 2. The summed E-state index contributed by atoms with van der Waals surface area (Å²) < 4.78 is 18.7. The fraction of sp³-hybridized carbons (Fsp3) is 0.600. The van der Waals surface area contributed by atoms with Crippen molar-refractivity contribution in [3.8, 4) is 11.5 Å². The van der Waals surface area contributed by atoms with E-state index < -0.39 is 0 Å². The fourth-order valence-electron chi connectivity index (χ4n) is 6.24. The Labute approximate surface area is 211 Å². The molecular weight excluding hydrogens is 436 g/mol. The van der Waals surface area contributed by atoms with Gasteiger partial charge in [0, 0.05) is 38.7 Å². The summed E-state index contributed by atoms with van der Waals surface area (Å²) in [6.45, 7) is 8.87. The van der Waals surface area contributed by atoms with E-state index in [1.807, 2.05) is 24.3 Å². The van der Waals surface area contributed by atoms with E-state index in [2.05, 4.69) is 47.1 Å². The molecule has 3 unspecified atom stereocenters. The molecular formula is C30H42N2O3. The molecule has 2 aromatic rings. The highest BCUT2D eigenvalue weighted by Crippen LogP contribution is 2.37. The van der Waals surface area contributed by atoms with Gasteiger partial charge in [0.05, 0.1) is 6.10 Å². The Morgan fingerprint density at radius 3 is 2.34 bits per heavy atom. The summed E-state index contributed by atoms with van der Waals surface area (Å²) in [5, 5.41) is 0. The lowest BCUT2D eigenvalue weighted by Gasteiger charge is -2.41. The van der Waals surface area contributed by atoms with E-state index in [-0.39, 0.29) is 6.23 Å². The number of piperazine rings is 1. The predicted molar refractivity (Wildman–Crippen MR) is 140 cm³/mol. The molecule has 2 fully saturated rings. The SMILES string of the molecule is CCOC(C1CCCCC1)C(CCN1CCN(C2COc3ccccc3O2)CC1)c1ccccc1. The van der Waals surface area contributed by atoms with Crippen LogP contribution in [0.3, 0.4) is 0 Å². The van der Waals surface area contributed by atoms with E-state index in [0.29, 0.717) is 24.5 Å². The van der Waals surface area contributed by atoms with Gasteiger partial charge in [0.15, 0.2) is 17.7 Å². The van der Waals surface area contributed by atoms with Gasteiger partial charge in [-0.05, 0) is 56.3 Å². The van der Waals surface area contributed by atoms with Crippen molar-refractivity contribution in [2.75, 3.05) is 45.9 Å². The van der Waals surface area contributed by atoms with E-state index in [0.717, 1.165) is 57.3 Å². The van der Waals surface area contributed by atoms with Crippen molar-refractivity contribution in [1.29, 1.82) is 0 Å². The molecule has 3 aliphatic rings. The Hall–Kier alpha value is -2.08. The third-order valence-electron chi connectivity index (χ3n) is 8.16. The van der Waals surface area contributed by atoms with Crippen molar-refractivity contribution >= 4 is 0 Å². The molecule has 0 amide bonds. The van der Waals surface area contributed by atoms with Crippen LogP contribution < -0.4 is 9.47 Å². The lowest BCUT2D eigenvalue weighted by Crippen LogP contribution is -2.54. The molecule has 2 heterocycles. The van der Waals surface area contributed by atoms with Crippen molar-refractivity contribution in [3.63, 3.8) is 0 Å². The summed E-state index contributed by atoms with van der Waals surface area (Å²) in [5.74, 6) is 2.87. The van der Waals surface area contributed by atoms with Gasteiger partial charge in [-0.2, -0.15) is 0 Å². The second kappa shape index (κ2) is 12.2. The molecule has 2 aromatic carbocycles. The summed E-state index contributed by atoms with van der Waals surface area (Å²) in [7, 11) is 0. The van der Waals surface area contributed by atoms with Crippen molar-refractivity contribution in [1.82, 2.24) is 9.80 Å². The largest absolute Gasteiger partial charge is 0.484 e. The number of para-hydroxylation sites is 2. The van der Waals surface area contributed by atoms with E-state index in [4.69, 9.17) is 14.2 Å². The van der Waals surface area contributed by atoms with E-state index in [1.54, 1.807) is 0 Å². The molecule has 0 N–H and O–H groups in total. The van der Waals surface area contributed by atoms with Crippen LogP contribution in [0, 0.1) is 5.92 Å². The predicted octanol–water partition coefficient (Wildman–Crippen LogP) is 5.56. The zero-order valence-electron chi connectivity index (χ0n) is 21.3. The Balaban J connectivity index is 1.18. The molecule has 1 saturated carbocycles. The molecule has 0 spiro atoms. The molecule has 5 nitrogen and oxygen atoms in total. The average molecular weight is 479 g/mol.